The highest BCUT2D eigenvalue weighted by atomic mass is 14.2. The quantitative estimate of drug-likeness (QED) is 0.529. The topological polar surface area (TPSA) is 0 Å². The second kappa shape index (κ2) is 7.55. The van der Waals surface area contributed by atoms with Crippen LogP contribution in [0.5, 0.6) is 0 Å². The summed E-state index contributed by atoms with van der Waals surface area (Å²) in [6.07, 6.45) is 10.8. The number of hydrogen-bond acceptors (Lipinski definition) is 0. The van der Waals surface area contributed by atoms with Crippen molar-refractivity contribution < 1.29 is 0 Å². The highest BCUT2D eigenvalue weighted by Gasteiger charge is 2.13. The molecule has 0 atom stereocenters. The molecule has 0 unspecified atom stereocenters. The first-order valence-electron chi connectivity index (χ1n) is 9.74. The van der Waals surface area contributed by atoms with E-state index in [9.17, 15) is 0 Å². The summed E-state index contributed by atoms with van der Waals surface area (Å²) >= 11 is 0. The molecule has 2 aromatic rings. The molecular weight excluding hydrogens is 288 g/mol. The maximum atomic E-state index is 2.26. The van der Waals surface area contributed by atoms with E-state index in [-0.39, 0.29) is 0 Å². The van der Waals surface area contributed by atoms with Crippen molar-refractivity contribution in [3.05, 3.63) is 68.8 Å². The minimum atomic E-state index is 1.31. The summed E-state index contributed by atoms with van der Waals surface area (Å²) < 4.78 is 0. The summed E-state index contributed by atoms with van der Waals surface area (Å²) in [5.41, 5.74) is 12.5. The minimum absolute atomic E-state index is 1.31. The Labute approximate surface area is 148 Å². The zero-order valence-electron chi connectivity index (χ0n) is 16.0. The van der Waals surface area contributed by atoms with Gasteiger partial charge in [0.05, 0.1) is 0 Å². The Morgan fingerprint density at radius 2 is 0.625 bits per heavy atom. The first-order valence-corrected chi connectivity index (χ1v) is 9.74. The van der Waals surface area contributed by atoms with Crippen molar-refractivity contribution in [3.8, 4) is 0 Å². The Bertz CT molecular complexity index is 596. The van der Waals surface area contributed by atoms with Crippen LogP contribution in [0.15, 0.2) is 24.3 Å². The van der Waals surface area contributed by atoms with Crippen molar-refractivity contribution in [2.45, 2.75) is 79.1 Å². The largest absolute Gasteiger partial charge is 0.0588 e. The zero-order chi connectivity index (χ0) is 17.1. The van der Waals surface area contributed by atoms with E-state index in [4.69, 9.17) is 0 Å². The molecule has 0 heterocycles. The fourth-order valence-electron chi connectivity index (χ4n) is 4.45. The lowest BCUT2D eigenvalue weighted by Gasteiger charge is -2.19. The molecular formula is C24H32. The molecule has 24 heavy (non-hydrogen) atoms. The third kappa shape index (κ3) is 3.58. The summed E-state index contributed by atoms with van der Waals surface area (Å²) in [5, 5.41) is 0. The molecule has 0 bridgehead atoms. The summed E-state index contributed by atoms with van der Waals surface area (Å²) in [5.74, 6) is 0. The molecule has 0 nitrogen and oxygen atoms in total. The third-order valence-electron chi connectivity index (χ3n) is 6.01. The van der Waals surface area contributed by atoms with Gasteiger partial charge >= 0.3 is 0 Å². The van der Waals surface area contributed by atoms with Gasteiger partial charge in [0.1, 0.15) is 0 Å². The molecule has 0 fully saturated rings. The fourth-order valence-corrected chi connectivity index (χ4v) is 4.45. The maximum absolute atomic E-state index is 2.26. The third-order valence-corrected chi connectivity index (χ3v) is 6.01. The van der Waals surface area contributed by atoms with Gasteiger partial charge < -0.3 is 0 Å². The Morgan fingerprint density at radius 1 is 0.417 bits per heavy atom. The van der Waals surface area contributed by atoms with Gasteiger partial charge in [-0.1, -0.05) is 24.3 Å². The number of aryl methyl sites for hydroxylation is 4. The lowest BCUT2D eigenvalue weighted by atomic mass is 9.86. The van der Waals surface area contributed by atoms with Crippen LogP contribution >= 0.6 is 0 Å². The van der Waals surface area contributed by atoms with Gasteiger partial charge in [0.25, 0.3) is 0 Å². The van der Waals surface area contributed by atoms with Crippen molar-refractivity contribution >= 4 is 0 Å². The van der Waals surface area contributed by atoms with Gasteiger partial charge in [0.15, 0.2) is 0 Å². The van der Waals surface area contributed by atoms with Gasteiger partial charge in [-0.15, -0.1) is 0 Å². The van der Waals surface area contributed by atoms with Gasteiger partial charge in [-0.05, 0) is 124 Å². The Hall–Kier alpha value is -1.56. The number of hydrogen-bond donors (Lipinski definition) is 0. The van der Waals surface area contributed by atoms with Gasteiger partial charge in [0.2, 0.25) is 0 Å². The summed E-state index contributed by atoms with van der Waals surface area (Å²) in [6, 6.07) is 9.05. The Morgan fingerprint density at radius 3 is 0.833 bits per heavy atom. The molecule has 0 radical (unpaired) electrons. The molecule has 0 heteroatoms. The summed E-state index contributed by atoms with van der Waals surface area (Å²) in [7, 11) is 0. The van der Waals surface area contributed by atoms with E-state index in [0.717, 1.165) is 0 Å². The maximum Gasteiger partial charge on any atom is -0.0273 e. The summed E-state index contributed by atoms with van der Waals surface area (Å²) in [4.78, 5) is 0. The highest BCUT2D eigenvalue weighted by molar-refractivity contribution is 5.42. The summed E-state index contributed by atoms with van der Waals surface area (Å²) in [6.45, 7) is 8.96. The standard InChI is InChI=1S/2C12H16/c2*1-9-7-8-10(2)12-6-4-3-5-11(9)12/h2*7-8H,3-6H2,1-2H3. The second-order valence-corrected chi connectivity index (χ2v) is 7.73. The smallest absolute Gasteiger partial charge is 0.0273 e. The van der Waals surface area contributed by atoms with E-state index in [1.54, 1.807) is 22.3 Å². The molecule has 2 aliphatic carbocycles. The predicted molar refractivity (Wildman–Crippen MR) is 105 cm³/mol. The molecule has 128 valence electrons. The highest BCUT2D eigenvalue weighted by Crippen LogP contribution is 2.27. The molecule has 0 spiro atoms. The van der Waals surface area contributed by atoms with Crippen LogP contribution in [0.1, 0.15) is 70.2 Å². The number of fused-ring (bicyclic) bond motifs is 2. The van der Waals surface area contributed by atoms with Crippen molar-refractivity contribution in [2.24, 2.45) is 0 Å². The lowest BCUT2D eigenvalue weighted by molar-refractivity contribution is 0.678. The van der Waals surface area contributed by atoms with E-state index < -0.39 is 0 Å². The van der Waals surface area contributed by atoms with E-state index in [1.165, 1.54) is 73.6 Å². The second-order valence-electron chi connectivity index (χ2n) is 7.73. The van der Waals surface area contributed by atoms with Crippen LogP contribution in [-0.2, 0) is 25.7 Å². The van der Waals surface area contributed by atoms with Gasteiger partial charge in [-0.25, -0.2) is 0 Å². The molecule has 2 aliphatic rings. The van der Waals surface area contributed by atoms with Crippen LogP contribution < -0.4 is 0 Å². The van der Waals surface area contributed by atoms with Crippen LogP contribution in [-0.4, -0.2) is 0 Å². The zero-order valence-corrected chi connectivity index (χ0v) is 16.0. The van der Waals surface area contributed by atoms with Crippen molar-refractivity contribution in [1.29, 1.82) is 0 Å². The van der Waals surface area contributed by atoms with E-state index in [2.05, 4.69) is 52.0 Å². The van der Waals surface area contributed by atoms with Crippen LogP contribution in [0.25, 0.3) is 0 Å². The minimum Gasteiger partial charge on any atom is -0.0588 e. The van der Waals surface area contributed by atoms with Crippen molar-refractivity contribution in [2.75, 3.05) is 0 Å². The Kier molecular flexibility index (Phi) is 5.43. The molecule has 2 aromatic carbocycles. The average Bonchev–Trinajstić information content (AvgIpc) is 2.63. The average molecular weight is 321 g/mol. The monoisotopic (exact) mass is 320 g/mol. The normalized spacial score (nSPS) is 15.8. The number of rotatable bonds is 0. The molecule has 4 rings (SSSR count). The van der Waals surface area contributed by atoms with E-state index in [1.807, 2.05) is 0 Å². The van der Waals surface area contributed by atoms with Crippen LogP contribution in [0.4, 0.5) is 0 Å². The first-order chi connectivity index (χ1) is 11.6. The first kappa shape index (κ1) is 17.3. The SMILES string of the molecule is Cc1ccc(C)c2c1CCCC2.Cc1ccc(C)c2c1CCCC2. The van der Waals surface area contributed by atoms with E-state index >= 15 is 0 Å². The molecule has 0 saturated carbocycles. The Balaban J connectivity index is 0.000000141. The molecule has 0 saturated heterocycles. The van der Waals surface area contributed by atoms with Crippen LogP contribution in [0.2, 0.25) is 0 Å². The fraction of sp³-hybridized carbons (Fsp3) is 0.500. The van der Waals surface area contributed by atoms with Gasteiger partial charge in [-0.3, -0.25) is 0 Å². The van der Waals surface area contributed by atoms with Crippen LogP contribution in [0, 0.1) is 27.7 Å². The lowest BCUT2D eigenvalue weighted by Crippen LogP contribution is -2.06. The molecule has 0 aromatic heterocycles. The molecule has 0 N–H and O–H groups in total. The van der Waals surface area contributed by atoms with Crippen LogP contribution in [0.3, 0.4) is 0 Å². The van der Waals surface area contributed by atoms with E-state index in [0.29, 0.717) is 0 Å². The van der Waals surface area contributed by atoms with Gasteiger partial charge in [0, 0.05) is 0 Å². The van der Waals surface area contributed by atoms with Crippen molar-refractivity contribution in [3.63, 3.8) is 0 Å². The number of benzene rings is 2. The van der Waals surface area contributed by atoms with Gasteiger partial charge in [-0.2, -0.15) is 0 Å². The molecule has 0 aliphatic heterocycles. The predicted octanol–water partition coefficient (Wildman–Crippen LogP) is 6.36. The van der Waals surface area contributed by atoms with Crippen molar-refractivity contribution in [1.82, 2.24) is 0 Å². The molecule has 0 amide bonds.